The number of aliphatic carboxylic acids is 1. The minimum Gasteiger partial charge on any atom is -0.504 e. The number of benzene rings is 1. The van der Waals surface area contributed by atoms with E-state index in [4.69, 9.17) is 15.0 Å². The standard InChI is InChI=1S/C6H3BrFNO3.C2H4O2/c7-4-1-3(9(11)12)2-5(8)6(4)10;1-2(3)4/h1-2,10H;1H3,(H,3,4). The quantitative estimate of drug-likeness (QED) is 0.611. The van der Waals surface area contributed by atoms with Gasteiger partial charge in [-0.15, -0.1) is 0 Å². The highest BCUT2D eigenvalue weighted by molar-refractivity contribution is 9.10. The van der Waals surface area contributed by atoms with E-state index in [9.17, 15) is 14.5 Å². The summed E-state index contributed by atoms with van der Waals surface area (Å²) in [6, 6.07) is 1.68. The number of nitro benzene ring substituents is 1. The second kappa shape index (κ2) is 6.01. The van der Waals surface area contributed by atoms with Crippen LogP contribution in [-0.2, 0) is 4.79 Å². The molecule has 0 unspecified atom stereocenters. The molecule has 2 N–H and O–H groups in total. The minimum atomic E-state index is -1.02. The van der Waals surface area contributed by atoms with Crippen LogP contribution in [0, 0.1) is 15.9 Å². The van der Waals surface area contributed by atoms with Crippen molar-refractivity contribution in [2.75, 3.05) is 0 Å². The zero-order chi connectivity index (χ0) is 12.9. The number of phenols is 1. The van der Waals surface area contributed by atoms with E-state index in [-0.39, 0.29) is 4.47 Å². The van der Waals surface area contributed by atoms with Crippen LogP contribution in [0.15, 0.2) is 16.6 Å². The summed E-state index contributed by atoms with van der Waals surface area (Å²) in [5, 5.41) is 26.4. The van der Waals surface area contributed by atoms with Gasteiger partial charge in [-0.3, -0.25) is 14.9 Å². The molecule has 0 aromatic heterocycles. The Bertz CT molecular complexity index is 396. The van der Waals surface area contributed by atoms with Gasteiger partial charge >= 0.3 is 0 Å². The van der Waals surface area contributed by atoms with Crippen molar-refractivity contribution in [2.45, 2.75) is 6.92 Å². The van der Waals surface area contributed by atoms with Crippen LogP contribution >= 0.6 is 15.9 Å². The molecule has 0 aliphatic heterocycles. The topological polar surface area (TPSA) is 101 Å². The van der Waals surface area contributed by atoms with Gasteiger partial charge in [0.2, 0.25) is 0 Å². The zero-order valence-corrected chi connectivity index (χ0v) is 9.56. The molecule has 0 amide bonds. The molecule has 0 atom stereocenters. The lowest BCUT2D eigenvalue weighted by atomic mass is 10.3. The monoisotopic (exact) mass is 295 g/mol. The molecule has 0 heterocycles. The molecule has 1 aromatic carbocycles. The summed E-state index contributed by atoms with van der Waals surface area (Å²) < 4.78 is 12.6. The number of nitro groups is 1. The molecule has 0 radical (unpaired) electrons. The van der Waals surface area contributed by atoms with Gasteiger partial charge in [-0.05, 0) is 15.9 Å². The largest absolute Gasteiger partial charge is 0.504 e. The van der Waals surface area contributed by atoms with Crippen molar-refractivity contribution in [1.82, 2.24) is 0 Å². The summed E-state index contributed by atoms with van der Waals surface area (Å²) in [5.41, 5.74) is -0.405. The van der Waals surface area contributed by atoms with Crippen molar-refractivity contribution >= 4 is 27.6 Å². The Labute approximate surface area is 97.6 Å². The van der Waals surface area contributed by atoms with Crippen molar-refractivity contribution in [3.8, 4) is 5.75 Å². The molecule has 0 fully saturated rings. The number of carboxylic acid groups (broad SMARTS) is 1. The molecule has 0 aliphatic rings. The average Bonchev–Trinajstić information content (AvgIpc) is 2.12. The third kappa shape index (κ3) is 4.69. The number of carboxylic acids is 1. The molecular formula is C8H7BrFNO5. The molecule has 0 spiro atoms. The van der Waals surface area contributed by atoms with Crippen LogP contribution in [0.5, 0.6) is 5.75 Å². The summed E-state index contributed by atoms with van der Waals surface area (Å²) in [5.74, 6) is -2.48. The number of non-ortho nitro benzene ring substituents is 1. The molecule has 1 aromatic rings. The lowest BCUT2D eigenvalue weighted by Crippen LogP contribution is -1.89. The third-order valence-electron chi connectivity index (χ3n) is 1.21. The van der Waals surface area contributed by atoms with Gasteiger partial charge in [0.05, 0.1) is 15.5 Å². The predicted octanol–water partition coefficient (Wildman–Crippen LogP) is 2.29. The summed E-state index contributed by atoms with van der Waals surface area (Å²) in [4.78, 5) is 18.4. The van der Waals surface area contributed by atoms with Crippen LogP contribution in [-0.4, -0.2) is 21.1 Å². The average molecular weight is 296 g/mol. The van der Waals surface area contributed by atoms with Crippen molar-refractivity contribution in [2.24, 2.45) is 0 Å². The zero-order valence-electron chi connectivity index (χ0n) is 7.98. The normalized spacial score (nSPS) is 8.94. The van der Waals surface area contributed by atoms with E-state index in [2.05, 4.69) is 15.9 Å². The number of hydrogen-bond donors (Lipinski definition) is 2. The maximum atomic E-state index is 12.6. The maximum absolute atomic E-state index is 12.6. The number of carbonyl (C=O) groups is 1. The number of phenolic OH excluding ortho intramolecular Hbond substituents is 1. The Morgan fingerprint density at radius 2 is 2.00 bits per heavy atom. The highest BCUT2D eigenvalue weighted by Crippen LogP contribution is 2.30. The van der Waals surface area contributed by atoms with Gasteiger partial charge < -0.3 is 10.2 Å². The third-order valence-corrected chi connectivity index (χ3v) is 1.82. The molecule has 1 rings (SSSR count). The van der Waals surface area contributed by atoms with Crippen LogP contribution in [0.2, 0.25) is 0 Å². The SMILES string of the molecule is CC(=O)O.O=[N+]([O-])c1cc(F)c(O)c(Br)c1. The van der Waals surface area contributed by atoms with Crippen LogP contribution in [0.4, 0.5) is 10.1 Å². The first-order chi connectivity index (χ1) is 7.25. The molecule has 6 nitrogen and oxygen atoms in total. The van der Waals surface area contributed by atoms with Crippen LogP contribution < -0.4 is 0 Å². The fourth-order valence-corrected chi connectivity index (χ4v) is 1.08. The highest BCUT2D eigenvalue weighted by Gasteiger charge is 2.13. The molecule has 16 heavy (non-hydrogen) atoms. The van der Waals surface area contributed by atoms with Gasteiger partial charge in [-0.25, -0.2) is 4.39 Å². The Morgan fingerprint density at radius 1 is 1.56 bits per heavy atom. The van der Waals surface area contributed by atoms with E-state index in [1.54, 1.807) is 0 Å². The Balaban J connectivity index is 0.000000487. The van der Waals surface area contributed by atoms with E-state index in [1.807, 2.05) is 0 Å². The summed E-state index contributed by atoms with van der Waals surface area (Å²) >= 11 is 2.77. The van der Waals surface area contributed by atoms with Gasteiger partial charge in [0, 0.05) is 13.0 Å². The Kier molecular flexibility index (Phi) is 5.37. The smallest absolute Gasteiger partial charge is 0.300 e. The highest BCUT2D eigenvalue weighted by atomic mass is 79.9. The van der Waals surface area contributed by atoms with Crippen molar-refractivity contribution in [3.63, 3.8) is 0 Å². The van der Waals surface area contributed by atoms with Gasteiger partial charge in [0.1, 0.15) is 0 Å². The van der Waals surface area contributed by atoms with Crippen molar-refractivity contribution in [1.29, 1.82) is 0 Å². The van der Waals surface area contributed by atoms with E-state index >= 15 is 0 Å². The maximum Gasteiger partial charge on any atom is 0.300 e. The van der Waals surface area contributed by atoms with Gasteiger partial charge in [-0.2, -0.15) is 0 Å². The van der Waals surface area contributed by atoms with Gasteiger partial charge in [0.15, 0.2) is 11.6 Å². The van der Waals surface area contributed by atoms with Gasteiger partial charge in [0.25, 0.3) is 11.7 Å². The van der Waals surface area contributed by atoms with E-state index < -0.39 is 28.1 Å². The predicted molar refractivity (Wildman–Crippen MR) is 55.7 cm³/mol. The summed E-state index contributed by atoms with van der Waals surface area (Å²) in [7, 11) is 0. The molecule has 8 heteroatoms. The number of rotatable bonds is 1. The second-order valence-corrected chi connectivity index (χ2v) is 3.39. The minimum absolute atomic E-state index is 0.0331. The first kappa shape index (κ1) is 14.3. The van der Waals surface area contributed by atoms with Gasteiger partial charge in [-0.1, -0.05) is 0 Å². The number of nitrogens with zero attached hydrogens (tertiary/aromatic N) is 1. The molecular weight excluding hydrogens is 289 g/mol. The fourth-order valence-electron chi connectivity index (χ4n) is 0.658. The number of halogens is 2. The molecule has 0 saturated carbocycles. The lowest BCUT2D eigenvalue weighted by Gasteiger charge is -1.97. The number of aromatic hydroxyl groups is 1. The summed E-state index contributed by atoms with van der Waals surface area (Å²) in [6.07, 6.45) is 0. The van der Waals surface area contributed by atoms with Crippen molar-refractivity contribution in [3.05, 3.63) is 32.5 Å². The summed E-state index contributed by atoms with van der Waals surface area (Å²) in [6.45, 7) is 1.08. The number of hydrogen-bond acceptors (Lipinski definition) is 4. The lowest BCUT2D eigenvalue weighted by molar-refractivity contribution is -0.385. The van der Waals surface area contributed by atoms with Crippen LogP contribution in [0.1, 0.15) is 6.92 Å². The first-order valence-electron chi connectivity index (χ1n) is 3.77. The van der Waals surface area contributed by atoms with Crippen LogP contribution in [0.3, 0.4) is 0 Å². The molecule has 0 bridgehead atoms. The second-order valence-electron chi connectivity index (χ2n) is 2.53. The molecule has 0 saturated heterocycles. The van der Waals surface area contributed by atoms with E-state index in [0.717, 1.165) is 13.0 Å². The van der Waals surface area contributed by atoms with E-state index in [0.29, 0.717) is 6.07 Å². The van der Waals surface area contributed by atoms with E-state index in [1.165, 1.54) is 0 Å². The Hall–Kier alpha value is -1.70. The fraction of sp³-hybridized carbons (Fsp3) is 0.125. The Morgan fingerprint density at radius 3 is 2.31 bits per heavy atom. The molecule has 0 aliphatic carbocycles. The van der Waals surface area contributed by atoms with Crippen LogP contribution in [0.25, 0.3) is 0 Å². The van der Waals surface area contributed by atoms with Crippen molar-refractivity contribution < 1.29 is 24.3 Å². The first-order valence-corrected chi connectivity index (χ1v) is 4.57. The molecule has 88 valence electrons.